The number of rotatable bonds is 5. The highest BCUT2D eigenvalue weighted by Gasteiger charge is 2.41. The number of carbonyl (C=O) groups excluding carboxylic acids is 2. The highest BCUT2D eigenvalue weighted by atomic mass is 16.3. The lowest BCUT2D eigenvalue weighted by molar-refractivity contribution is -0.129. The molecular formula is C15H17NO4. The predicted octanol–water partition coefficient (Wildman–Crippen LogP) is 1.35. The Morgan fingerprint density at radius 3 is 2.50 bits per heavy atom. The number of aliphatic hydroxyl groups excluding tert-OH is 2. The molecule has 0 saturated carbocycles. The maximum absolute atomic E-state index is 12.1. The second kappa shape index (κ2) is 5.88. The maximum atomic E-state index is 12.1. The van der Waals surface area contributed by atoms with E-state index in [9.17, 15) is 14.7 Å². The van der Waals surface area contributed by atoms with E-state index in [-0.39, 0.29) is 24.5 Å². The van der Waals surface area contributed by atoms with Crippen LogP contribution in [0.3, 0.4) is 0 Å². The van der Waals surface area contributed by atoms with Crippen molar-refractivity contribution in [1.82, 2.24) is 4.90 Å². The Balaban J connectivity index is 2.45. The molecule has 0 unspecified atom stereocenters. The summed E-state index contributed by atoms with van der Waals surface area (Å²) in [4.78, 5) is 25.3. The molecule has 0 radical (unpaired) electrons. The molecule has 1 heterocycles. The summed E-state index contributed by atoms with van der Waals surface area (Å²) in [7, 11) is 0. The van der Waals surface area contributed by atoms with Gasteiger partial charge in [-0.2, -0.15) is 0 Å². The molecule has 1 aliphatic rings. The van der Waals surface area contributed by atoms with Gasteiger partial charge >= 0.3 is 0 Å². The predicted molar refractivity (Wildman–Crippen MR) is 72.9 cm³/mol. The zero-order chi connectivity index (χ0) is 14.7. The van der Waals surface area contributed by atoms with Gasteiger partial charge in [0, 0.05) is 13.2 Å². The van der Waals surface area contributed by atoms with E-state index in [1.807, 2.05) is 30.3 Å². The quantitative estimate of drug-likeness (QED) is 0.850. The third-order valence-corrected chi connectivity index (χ3v) is 3.36. The van der Waals surface area contributed by atoms with Crippen molar-refractivity contribution in [3.8, 4) is 0 Å². The van der Waals surface area contributed by atoms with Crippen molar-refractivity contribution < 1.29 is 19.8 Å². The number of hydrogen-bond donors (Lipinski definition) is 2. The molecule has 0 aromatic heterocycles. The summed E-state index contributed by atoms with van der Waals surface area (Å²) < 4.78 is 0. The molecule has 2 rings (SSSR count). The van der Waals surface area contributed by atoms with Crippen LogP contribution in [0.2, 0.25) is 0 Å². The molecule has 0 aliphatic carbocycles. The van der Waals surface area contributed by atoms with Gasteiger partial charge in [-0.1, -0.05) is 30.3 Å². The standard InChI is InChI=1S/C15H17NO4/c1-10(18)12-13(11-6-3-2-4-7-11)16(8-5-9-17)15(20)14(12)19/h2-4,6-7,13,17,19H,5,8-9H2,1H3/t13-/m0/s1. The van der Waals surface area contributed by atoms with Crippen LogP contribution in [-0.4, -0.2) is 40.0 Å². The molecule has 1 aromatic rings. The van der Waals surface area contributed by atoms with Crippen molar-refractivity contribution in [3.63, 3.8) is 0 Å². The van der Waals surface area contributed by atoms with E-state index < -0.39 is 17.7 Å². The molecule has 1 aliphatic heterocycles. The minimum atomic E-state index is -0.576. The van der Waals surface area contributed by atoms with E-state index in [0.717, 1.165) is 5.56 Å². The maximum Gasteiger partial charge on any atom is 0.290 e. The number of benzene rings is 1. The molecule has 5 heteroatoms. The van der Waals surface area contributed by atoms with E-state index in [0.29, 0.717) is 6.42 Å². The third kappa shape index (κ3) is 2.44. The number of nitrogens with zero attached hydrogens (tertiary/aromatic N) is 1. The van der Waals surface area contributed by atoms with Crippen LogP contribution in [0.1, 0.15) is 24.9 Å². The number of amides is 1. The van der Waals surface area contributed by atoms with Crippen LogP contribution < -0.4 is 0 Å². The van der Waals surface area contributed by atoms with E-state index in [4.69, 9.17) is 5.11 Å². The van der Waals surface area contributed by atoms with Gasteiger partial charge in [0.25, 0.3) is 5.91 Å². The molecule has 1 aromatic carbocycles. The highest BCUT2D eigenvalue weighted by Crippen LogP contribution is 2.37. The summed E-state index contributed by atoms with van der Waals surface area (Å²) in [5.41, 5.74) is 0.896. The van der Waals surface area contributed by atoms with E-state index in [1.54, 1.807) is 0 Å². The summed E-state index contributed by atoms with van der Waals surface area (Å²) in [5.74, 6) is -1.36. The molecule has 0 saturated heterocycles. The van der Waals surface area contributed by atoms with Crippen LogP contribution >= 0.6 is 0 Å². The van der Waals surface area contributed by atoms with Crippen LogP contribution in [0.4, 0.5) is 0 Å². The number of Topliss-reactive ketones (excluding diaryl/α,β-unsaturated/α-hetero) is 1. The van der Waals surface area contributed by atoms with Gasteiger partial charge in [0.1, 0.15) is 0 Å². The largest absolute Gasteiger partial charge is 0.503 e. The lowest BCUT2D eigenvalue weighted by Crippen LogP contribution is -2.32. The molecule has 0 bridgehead atoms. The van der Waals surface area contributed by atoms with Crippen molar-refractivity contribution in [2.24, 2.45) is 0 Å². The summed E-state index contributed by atoms with van der Waals surface area (Å²) in [6.45, 7) is 1.57. The zero-order valence-electron chi connectivity index (χ0n) is 11.2. The average molecular weight is 275 g/mol. The van der Waals surface area contributed by atoms with Crippen molar-refractivity contribution in [2.75, 3.05) is 13.2 Å². The van der Waals surface area contributed by atoms with Crippen LogP contribution in [0.25, 0.3) is 0 Å². The Bertz CT molecular complexity index is 550. The first-order valence-electron chi connectivity index (χ1n) is 6.48. The molecule has 20 heavy (non-hydrogen) atoms. The first-order valence-corrected chi connectivity index (χ1v) is 6.48. The summed E-state index contributed by atoms with van der Waals surface area (Å²) in [6.07, 6.45) is 0.396. The zero-order valence-corrected chi connectivity index (χ0v) is 11.2. The van der Waals surface area contributed by atoms with E-state index in [2.05, 4.69) is 0 Å². The number of carbonyl (C=O) groups is 2. The van der Waals surface area contributed by atoms with Crippen molar-refractivity contribution in [3.05, 3.63) is 47.2 Å². The molecule has 1 amide bonds. The van der Waals surface area contributed by atoms with Crippen LogP contribution in [0.15, 0.2) is 41.7 Å². The monoisotopic (exact) mass is 275 g/mol. The van der Waals surface area contributed by atoms with Crippen LogP contribution in [-0.2, 0) is 9.59 Å². The van der Waals surface area contributed by atoms with Crippen LogP contribution in [0, 0.1) is 0 Å². The topological polar surface area (TPSA) is 77.8 Å². The molecular weight excluding hydrogens is 258 g/mol. The number of aliphatic hydroxyl groups is 2. The van der Waals surface area contributed by atoms with Crippen LogP contribution in [0.5, 0.6) is 0 Å². The van der Waals surface area contributed by atoms with Crippen molar-refractivity contribution >= 4 is 11.7 Å². The molecule has 0 spiro atoms. The fraction of sp³-hybridized carbons (Fsp3) is 0.333. The number of hydrogen-bond acceptors (Lipinski definition) is 4. The van der Waals surface area contributed by atoms with Gasteiger partial charge in [-0.3, -0.25) is 9.59 Å². The Morgan fingerprint density at radius 1 is 1.30 bits per heavy atom. The fourth-order valence-electron chi connectivity index (χ4n) is 2.47. The first-order chi connectivity index (χ1) is 9.57. The fourth-order valence-corrected chi connectivity index (χ4v) is 2.47. The molecule has 0 fully saturated rings. The number of ketones is 1. The lowest BCUT2D eigenvalue weighted by Gasteiger charge is -2.26. The Morgan fingerprint density at radius 2 is 1.95 bits per heavy atom. The van der Waals surface area contributed by atoms with Gasteiger partial charge < -0.3 is 15.1 Å². The summed E-state index contributed by atoms with van der Waals surface area (Å²) in [5, 5.41) is 18.9. The average Bonchev–Trinajstić information content (AvgIpc) is 2.70. The minimum absolute atomic E-state index is 0.0541. The van der Waals surface area contributed by atoms with E-state index in [1.165, 1.54) is 11.8 Å². The SMILES string of the molecule is CC(=O)C1=C(O)C(=O)N(CCCO)[C@H]1c1ccccc1. The second-order valence-corrected chi connectivity index (χ2v) is 4.71. The minimum Gasteiger partial charge on any atom is -0.503 e. The lowest BCUT2D eigenvalue weighted by atomic mass is 9.97. The van der Waals surface area contributed by atoms with Gasteiger partial charge in [0.2, 0.25) is 0 Å². The Hall–Kier alpha value is -2.14. The normalized spacial score (nSPS) is 18.8. The van der Waals surface area contributed by atoms with Gasteiger partial charge in [0.15, 0.2) is 11.5 Å². The van der Waals surface area contributed by atoms with E-state index >= 15 is 0 Å². The highest BCUT2D eigenvalue weighted by molar-refractivity contribution is 6.08. The molecule has 106 valence electrons. The van der Waals surface area contributed by atoms with Gasteiger partial charge in [-0.15, -0.1) is 0 Å². The third-order valence-electron chi connectivity index (χ3n) is 3.36. The van der Waals surface area contributed by atoms with Gasteiger partial charge in [0.05, 0.1) is 11.6 Å². The van der Waals surface area contributed by atoms with Gasteiger partial charge in [-0.05, 0) is 18.9 Å². The molecule has 5 nitrogen and oxygen atoms in total. The smallest absolute Gasteiger partial charge is 0.290 e. The van der Waals surface area contributed by atoms with Crippen molar-refractivity contribution in [1.29, 1.82) is 0 Å². The first kappa shape index (κ1) is 14.3. The molecule has 1 atom stereocenters. The second-order valence-electron chi connectivity index (χ2n) is 4.71. The summed E-state index contributed by atoms with van der Waals surface area (Å²) in [6, 6.07) is 8.52. The van der Waals surface area contributed by atoms with Gasteiger partial charge in [-0.25, -0.2) is 0 Å². The Kier molecular flexibility index (Phi) is 4.20. The Labute approximate surface area is 117 Å². The summed E-state index contributed by atoms with van der Waals surface area (Å²) >= 11 is 0. The van der Waals surface area contributed by atoms with Crippen molar-refractivity contribution in [2.45, 2.75) is 19.4 Å². The molecule has 2 N–H and O–H groups in total.